The Balaban J connectivity index is 1.63. The highest BCUT2D eigenvalue weighted by Crippen LogP contribution is 2.25. The molecule has 0 bridgehead atoms. The van der Waals surface area contributed by atoms with Gasteiger partial charge in [-0.2, -0.15) is 9.78 Å². The maximum atomic E-state index is 5.75. The number of hydrogen-bond acceptors (Lipinski definition) is 5. The molecule has 0 saturated carbocycles. The third-order valence-electron chi connectivity index (χ3n) is 4.89. The number of rotatable bonds is 2. The van der Waals surface area contributed by atoms with Crippen LogP contribution in [0.2, 0.25) is 0 Å². The molecule has 2 aromatic rings. The monoisotopic (exact) mass is 313 g/mol. The van der Waals surface area contributed by atoms with Crippen molar-refractivity contribution in [3.63, 3.8) is 0 Å². The van der Waals surface area contributed by atoms with Gasteiger partial charge in [-0.1, -0.05) is 25.1 Å². The fourth-order valence-electron chi connectivity index (χ4n) is 3.45. The summed E-state index contributed by atoms with van der Waals surface area (Å²) in [5.74, 6) is 1.17. The minimum Gasteiger partial charge on any atom is -0.306 e. The third-order valence-corrected chi connectivity index (χ3v) is 4.89. The van der Waals surface area contributed by atoms with Gasteiger partial charge in [-0.25, -0.2) is 15.3 Å². The molecule has 6 nitrogen and oxygen atoms in total. The zero-order chi connectivity index (χ0) is 15.8. The molecule has 1 atom stereocenters. The molecule has 0 aliphatic carbocycles. The number of benzene rings is 1. The number of nitrogens with one attached hydrogen (secondary N) is 1. The molecule has 0 amide bonds. The number of hydrogen-bond donors (Lipinski definition) is 1. The summed E-state index contributed by atoms with van der Waals surface area (Å²) < 4.78 is 1.88. The van der Waals surface area contributed by atoms with E-state index in [2.05, 4.69) is 42.6 Å². The second-order valence-electron chi connectivity index (χ2n) is 6.43. The van der Waals surface area contributed by atoms with Crippen molar-refractivity contribution in [2.45, 2.75) is 32.4 Å². The molecule has 1 aromatic heterocycles. The van der Waals surface area contributed by atoms with E-state index in [4.69, 9.17) is 14.9 Å². The first-order chi connectivity index (χ1) is 11.3. The zero-order valence-corrected chi connectivity index (χ0v) is 13.7. The van der Waals surface area contributed by atoms with E-state index in [0.717, 1.165) is 43.6 Å². The van der Waals surface area contributed by atoms with Gasteiger partial charge in [0.05, 0.1) is 11.2 Å². The first-order valence-electron chi connectivity index (χ1n) is 8.41. The van der Waals surface area contributed by atoms with Crippen LogP contribution in [0.3, 0.4) is 0 Å². The predicted molar refractivity (Wildman–Crippen MR) is 90.2 cm³/mol. The van der Waals surface area contributed by atoms with Crippen LogP contribution in [0.4, 0.5) is 0 Å². The van der Waals surface area contributed by atoms with Crippen molar-refractivity contribution in [1.29, 1.82) is 0 Å². The highest BCUT2D eigenvalue weighted by Gasteiger charge is 2.31. The van der Waals surface area contributed by atoms with E-state index < -0.39 is 0 Å². The van der Waals surface area contributed by atoms with Crippen molar-refractivity contribution >= 4 is 16.9 Å². The van der Waals surface area contributed by atoms with Gasteiger partial charge < -0.3 is 4.90 Å². The first kappa shape index (κ1) is 14.7. The summed E-state index contributed by atoms with van der Waals surface area (Å²) >= 11 is 0. The number of para-hydroxylation sites is 1. The second kappa shape index (κ2) is 5.94. The molecule has 0 radical (unpaired) electrons. The smallest absolute Gasteiger partial charge is 0.246 e. The van der Waals surface area contributed by atoms with Crippen molar-refractivity contribution in [2.24, 2.45) is 10.9 Å². The van der Waals surface area contributed by atoms with Gasteiger partial charge in [-0.15, -0.1) is 0 Å². The van der Waals surface area contributed by atoms with E-state index in [-0.39, 0.29) is 6.23 Å². The van der Waals surface area contributed by atoms with Crippen LogP contribution in [0.5, 0.6) is 0 Å². The van der Waals surface area contributed by atoms with Crippen LogP contribution in [0.25, 0.3) is 10.9 Å². The van der Waals surface area contributed by atoms with Gasteiger partial charge in [-0.3, -0.25) is 0 Å². The first-order valence-corrected chi connectivity index (χ1v) is 8.41. The number of nitrogens with zero attached hydrogens (tertiary/aromatic N) is 4. The number of piperidine rings is 1. The van der Waals surface area contributed by atoms with Gasteiger partial charge in [0.1, 0.15) is 0 Å². The van der Waals surface area contributed by atoms with Crippen LogP contribution in [0.15, 0.2) is 29.3 Å². The lowest BCUT2D eigenvalue weighted by Crippen LogP contribution is -2.35. The van der Waals surface area contributed by atoms with E-state index >= 15 is 0 Å². The van der Waals surface area contributed by atoms with Crippen LogP contribution >= 0.6 is 0 Å². The van der Waals surface area contributed by atoms with Crippen LogP contribution < -0.4 is 5.48 Å². The number of fused-ring (bicyclic) bond motifs is 1. The molecule has 1 fully saturated rings. The molecule has 6 heteroatoms. The van der Waals surface area contributed by atoms with Crippen LogP contribution in [-0.2, 0) is 11.3 Å². The molecule has 3 heterocycles. The fraction of sp³-hybridized carbons (Fsp3) is 0.529. The standard InChI is InChI=1S/C17H23N5O/c1-3-14-13-6-4-5-7-15(13)22(19-14)17-18-16(23-20-17)12-8-10-21(2)11-9-12/h4-7,12,16H,3,8-11H2,1-2H3,(H,18,20). The molecule has 23 heavy (non-hydrogen) atoms. The number of aromatic nitrogens is 2. The van der Waals surface area contributed by atoms with E-state index in [0.29, 0.717) is 11.9 Å². The molecule has 2 aliphatic rings. The van der Waals surface area contributed by atoms with E-state index in [1.165, 1.54) is 5.39 Å². The third kappa shape index (κ3) is 2.62. The Hall–Kier alpha value is -1.92. The van der Waals surface area contributed by atoms with Crippen molar-refractivity contribution in [1.82, 2.24) is 20.2 Å². The van der Waals surface area contributed by atoms with Crippen molar-refractivity contribution in [3.8, 4) is 0 Å². The average molecular weight is 313 g/mol. The van der Waals surface area contributed by atoms with Crippen LogP contribution in [-0.4, -0.2) is 47.0 Å². The quantitative estimate of drug-likeness (QED) is 0.921. The average Bonchev–Trinajstić information content (AvgIpc) is 3.20. The summed E-state index contributed by atoms with van der Waals surface area (Å²) in [5, 5.41) is 5.90. The zero-order valence-electron chi connectivity index (χ0n) is 13.7. The largest absolute Gasteiger partial charge is 0.306 e. The van der Waals surface area contributed by atoms with Gasteiger partial charge in [0.2, 0.25) is 5.96 Å². The number of aryl methyl sites for hydroxylation is 1. The molecule has 2 aliphatic heterocycles. The molecule has 0 spiro atoms. The topological polar surface area (TPSA) is 54.7 Å². The van der Waals surface area contributed by atoms with Crippen molar-refractivity contribution < 1.29 is 4.84 Å². The molecule has 4 rings (SSSR count). The Kier molecular flexibility index (Phi) is 3.79. The number of likely N-dealkylation sites (tertiary alicyclic amines) is 1. The maximum Gasteiger partial charge on any atom is 0.246 e. The summed E-state index contributed by atoms with van der Waals surface area (Å²) in [5.41, 5.74) is 5.16. The van der Waals surface area contributed by atoms with Gasteiger partial charge >= 0.3 is 0 Å². The van der Waals surface area contributed by atoms with Gasteiger partial charge in [0.25, 0.3) is 0 Å². The number of aliphatic imine (C=N–C) groups is 1. The SMILES string of the molecule is CCc1nn(C2=NC(C3CCN(C)CC3)ON2)c2ccccc12. The summed E-state index contributed by atoms with van der Waals surface area (Å²) in [4.78, 5) is 12.9. The molecule has 1 saturated heterocycles. The molecule has 1 unspecified atom stereocenters. The van der Waals surface area contributed by atoms with Gasteiger partial charge in [-0.05, 0) is 45.5 Å². The summed E-state index contributed by atoms with van der Waals surface area (Å²) in [6.45, 7) is 4.35. The lowest BCUT2D eigenvalue weighted by Gasteiger charge is -2.30. The normalized spacial score (nSPS) is 23.2. The van der Waals surface area contributed by atoms with E-state index in [9.17, 15) is 0 Å². The van der Waals surface area contributed by atoms with Gasteiger partial charge in [0, 0.05) is 11.3 Å². The van der Waals surface area contributed by atoms with Crippen LogP contribution in [0.1, 0.15) is 25.5 Å². The summed E-state index contributed by atoms with van der Waals surface area (Å²) in [7, 11) is 2.17. The Labute approximate surface area is 136 Å². The molecule has 1 aromatic carbocycles. The van der Waals surface area contributed by atoms with Crippen LogP contribution in [0, 0.1) is 5.92 Å². The lowest BCUT2D eigenvalue weighted by atomic mass is 9.96. The molecule has 122 valence electrons. The number of hydroxylamine groups is 1. The maximum absolute atomic E-state index is 5.75. The molecular formula is C17H23N5O. The lowest BCUT2D eigenvalue weighted by molar-refractivity contribution is -0.0162. The molecular weight excluding hydrogens is 290 g/mol. The highest BCUT2D eigenvalue weighted by molar-refractivity contribution is 5.93. The van der Waals surface area contributed by atoms with E-state index in [1.807, 2.05) is 10.7 Å². The molecule has 1 N–H and O–H groups in total. The Morgan fingerprint density at radius 2 is 2.04 bits per heavy atom. The van der Waals surface area contributed by atoms with Crippen molar-refractivity contribution in [3.05, 3.63) is 30.0 Å². The summed E-state index contributed by atoms with van der Waals surface area (Å²) in [6, 6.07) is 8.27. The van der Waals surface area contributed by atoms with E-state index in [1.54, 1.807) is 0 Å². The van der Waals surface area contributed by atoms with Gasteiger partial charge in [0.15, 0.2) is 6.23 Å². The minimum atomic E-state index is -0.105. The Bertz CT molecular complexity index is 730. The second-order valence-corrected chi connectivity index (χ2v) is 6.43. The Morgan fingerprint density at radius 1 is 1.26 bits per heavy atom. The predicted octanol–water partition coefficient (Wildman–Crippen LogP) is 2.01. The Morgan fingerprint density at radius 3 is 2.83 bits per heavy atom. The fourth-order valence-corrected chi connectivity index (χ4v) is 3.45. The minimum absolute atomic E-state index is 0.105. The highest BCUT2D eigenvalue weighted by atomic mass is 16.7. The summed E-state index contributed by atoms with van der Waals surface area (Å²) in [6.07, 6.45) is 3.05. The van der Waals surface area contributed by atoms with Crippen molar-refractivity contribution in [2.75, 3.05) is 20.1 Å².